The number of carbonyl (C=O) groups excluding carboxylic acids is 2. The Kier molecular flexibility index (Phi) is 6.02. The molecular formula is C27H30ClN3O3. The van der Waals surface area contributed by atoms with Crippen LogP contribution in [0.1, 0.15) is 55.6 Å². The van der Waals surface area contributed by atoms with E-state index in [4.69, 9.17) is 16.0 Å². The number of nitrogens with zero attached hydrogens (tertiary/aromatic N) is 2. The van der Waals surface area contributed by atoms with Crippen LogP contribution >= 0.6 is 11.6 Å². The highest BCUT2D eigenvalue weighted by Crippen LogP contribution is 2.35. The van der Waals surface area contributed by atoms with Crippen molar-refractivity contribution in [1.29, 1.82) is 0 Å². The maximum Gasteiger partial charge on any atom is 0.271 e. The van der Waals surface area contributed by atoms with Gasteiger partial charge in [0.05, 0.1) is 18.5 Å². The second-order valence-corrected chi connectivity index (χ2v) is 10.3. The minimum absolute atomic E-state index is 0.118. The van der Waals surface area contributed by atoms with Crippen LogP contribution in [0.15, 0.2) is 59.2 Å². The fraction of sp³-hybridized carbons (Fsp3) is 0.407. The van der Waals surface area contributed by atoms with Crippen LogP contribution in [0, 0.1) is 5.92 Å². The van der Waals surface area contributed by atoms with E-state index in [0.29, 0.717) is 35.5 Å². The predicted molar refractivity (Wildman–Crippen MR) is 131 cm³/mol. The summed E-state index contributed by atoms with van der Waals surface area (Å²) in [6.45, 7) is 4.76. The summed E-state index contributed by atoms with van der Waals surface area (Å²) in [7, 11) is 0. The molecule has 1 aliphatic carbocycles. The van der Waals surface area contributed by atoms with E-state index in [-0.39, 0.29) is 17.9 Å². The van der Waals surface area contributed by atoms with Gasteiger partial charge >= 0.3 is 0 Å². The predicted octanol–water partition coefficient (Wildman–Crippen LogP) is 5.51. The fourth-order valence-electron chi connectivity index (χ4n) is 5.22. The van der Waals surface area contributed by atoms with Gasteiger partial charge in [0.2, 0.25) is 5.91 Å². The third-order valence-corrected chi connectivity index (χ3v) is 7.59. The topological polar surface area (TPSA) is 67.5 Å². The van der Waals surface area contributed by atoms with Crippen molar-refractivity contribution in [1.82, 2.24) is 14.8 Å². The van der Waals surface area contributed by atoms with Gasteiger partial charge in [-0.2, -0.15) is 0 Å². The molecule has 1 unspecified atom stereocenters. The average Bonchev–Trinajstić information content (AvgIpc) is 3.48. The molecule has 1 fully saturated rings. The first kappa shape index (κ1) is 22.8. The number of rotatable bonds is 5. The van der Waals surface area contributed by atoms with Crippen molar-refractivity contribution in [3.8, 4) is 11.5 Å². The molecule has 3 aromatic rings. The molecule has 0 radical (unpaired) electrons. The Labute approximate surface area is 204 Å². The molecule has 34 heavy (non-hydrogen) atoms. The van der Waals surface area contributed by atoms with Crippen molar-refractivity contribution >= 4 is 23.4 Å². The number of benzene rings is 1. The number of fused-ring (bicyclic) bond motifs is 1. The Morgan fingerprint density at radius 1 is 1.12 bits per heavy atom. The number of hydrogen-bond donors (Lipinski definition) is 1. The number of furan rings is 1. The lowest BCUT2D eigenvalue weighted by Crippen LogP contribution is -2.64. The van der Waals surface area contributed by atoms with Gasteiger partial charge in [0.25, 0.3) is 5.91 Å². The number of aromatic nitrogens is 1. The van der Waals surface area contributed by atoms with Gasteiger partial charge in [-0.1, -0.05) is 30.7 Å². The summed E-state index contributed by atoms with van der Waals surface area (Å²) in [5.74, 6) is 1.06. The molecule has 2 amide bonds. The monoisotopic (exact) mass is 479 g/mol. The SMILES string of the molecule is CC1CCC(NC(=O)C2(C)Cn3c(ccc3-c3ccco3)C(=O)N2Cc2cccc(Cl)c2)CC1. The number of nitrogens with one attached hydrogen (secondary N) is 1. The standard InChI is InChI=1S/C27H30ClN3O3/c1-18-8-10-21(11-9-18)29-26(33)27(2)17-30-22(24-7-4-14-34-24)12-13-23(30)25(32)31(27)16-19-5-3-6-20(28)15-19/h3-7,12-15,18,21H,8-11,16-17H2,1-2H3,(H,29,33). The van der Waals surface area contributed by atoms with Gasteiger partial charge in [-0.25, -0.2) is 0 Å². The van der Waals surface area contributed by atoms with E-state index >= 15 is 0 Å². The Hall–Kier alpha value is -2.99. The molecule has 1 atom stereocenters. The maximum atomic E-state index is 13.8. The third kappa shape index (κ3) is 4.16. The lowest BCUT2D eigenvalue weighted by molar-refractivity contribution is -0.134. The molecule has 6 nitrogen and oxygen atoms in total. The number of hydrogen-bond acceptors (Lipinski definition) is 3. The summed E-state index contributed by atoms with van der Waals surface area (Å²) in [6, 6.07) is 15.0. The van der Waals surface area contributed by atoms with E-state index in [2.05, 4.69) is 12.2 Å². The summed E-state index contributed by atoms with van der Waals surface area (Å²) in [4.78, 5) is 29.3. The second kappa shape index (κ2) is 8.99. The van der Waals surface area contributed by atoms with Crippen LogP contribution in [0.3, 0.4) is 0 Å². The van der Waals surface area contributed by atoms with Gasteiger partial charge < -0.3 is 19.2 Å². The third-order valence-electron chi connectivity index (χ3n) is 7.35. The molecule has 1 aliphatic heterocycles. The van der Waals surface area contributed by atoms with Gasteiger partial charge in [0.1, 0.15) is 17.0 Å². The van der Waals surface area contributed by atoms with E-state index in [1.165, 1.54) is 0 Å². The van der Waals surface area contributed by atoms with Gasteiger partial charge in [-0.3, -0.25) is 9.59 Å². The Balaban J connectivity index is 1.51. The van der Waals surface area contributed by atoms with Crippen molar-refractivity contribution in [3.05, 3.63) is 71.1 Å². The van der Waals surface area contributed by atoms with Crippen molar-refractivity contribution in [3.63, 3.8) is 0 Å². The van der Waals surface area contributed by atoms with E-state index in [0.717, 1.165) is 36.9 Å². The van der Waals surface area contributed by atoms with Gasteiger partial charge in [0.15, 0.2) is 0 Å². The summed E-state index contributed by atoms with van der Waals surface area (Å²) >= 11 is 6.22. The van der Waals surface area contributed by atoms with Crippen LogP contribution in [-0.2, 0) is 17.9 Å². The lowest BCUT2D eigenvalue weighted by atomic mass is 9.86. The number of halogens is 1. The maximum absolute atomic E-state index is 13.8. The van der Waals surface area contributed by atoms with Crippen LogP contribution in [0.5, 0.6) is 0 Å². The number of amides is 2. The van der Waals surface area contributed by atoms with E-state index in [1.54, 1.807) is 17.2 Å². The molecule has 1 N–H and O–H groups in total. The highest BCUT2D eigenvalue weighted by Gasteiger charge is 2.48. The molecule has 0 saturated heterocycles. The zero-order valence-electron chi connectivity index (χ0n) is 19.6. The summed E-state index contributed by atoms with van der Waals surface area (Å²) in [6.07, 6.45) is 5.77. The number of carbonyl (C=O) groups is 2. The van der Waals surface area contributed by atoms with Crippen LogP contribution in [-0.4, -0.2) is 32.9 Å². The molecule has 0 bridgehead atoms. The first-order valence-corrected chi connectivity index (χ1v) is 12.3. The summed E-state index contributed by atoms with van der Waals surface area (Å²) in [5.41, 5.74) is 1.15. The molecule has 178 valence electrons. The van der Waals surface area contributed by atoms with Crippen LogP contribution in [0.2, 0.25) is 5.02 Å². The minimum atomic E-state index is -1.07. The minimum Gasteiger partial charge on any atom is -0.463 e. The molecular weight excluding hydrogens is 450 g/mol. The molecule has 1 aromatic carbocycles. The Bertz CT molecular complexity index is 1190. The Morgan fingerprint density at radius 2 is 1.88 bits per heavy atom. The van der Waals surface area contributed by atoms with Crippen LogP contribution < -0.4 is 5.32 Å². The fourth-order valence-corrected chi connectivity index (χ4v) is 5.44. The van der Waals surface area contributed by atoms with Crippen LogP contribution in [0.25, 0.3) is 11.5 Å². The smallest absolute Gasteiger partial charge is 0.271 e. The molecule has 2 aliphatic rings. The normalized spacial score (nSPS) is 24.7. The van der Waals surface area contributed by atoms with Crippen molar-refractivity contribution < 1.29 is 14.0 Å². The summed E-state index contributed by atoms with van der Waals surface area (Å²) < 4.78 is 7.53. The average molecular weight is 480 g/mol. The first-order chi connectivity index (χ1) is 16.3. The molecule has 5 rings (SSSR count). The molecule has 2 aromatic heterocycles. The van der Waals surface area contributed by atoms with Gasteiger partial charge in [0, 0.05) is 17.6 Å². The molecule has 3 heterocycles. The van der Waals surface area contributed by atoms with E-state index in [1.807, 2.05) is 54.0 Å². The van der Waals surface area contributed by atoms with E-state index < -0.39 is 5.54 Å². The summed E-state index contributed by atoms with van der Waals surface area (Å²) in [5, 5.41) is 3.88. The second-order valence-electron chi connectivity index (χ2n) is 9.89. The molecule has 0 spiro atoms. The molecule has 7 heteroatoms. The van der Waals surface area contributed by atoms with E-state index in [9.17, 15) is 9.59 Å². The van der Waals surface area contributed by atoms with Crippen molar-refractivity contribution in [2.75, 3.05) is 0 Å². The zero-order chi connectivity index (χ0) is 23.9. The quantitative estimate of drug-likeness (QED) is 0.524. The molecule has 1 saturated carbocycles. The van der Waals surface area contributed by atoms with Gasteiger partial charge in [-0.15, -0.1) is 0 Å². The zero-order valence-corrected chi connectivity index (χ0v) is 20.3. The largest absolute Gasteiger partial charge is 0.463 e. The van der Waals surface area contributed by atoms with Gasteiger partial charge in [-0.05, 0) is 80.5 Å². The highest BCUT2D eigenvalue weighted by atomic mass is 35.5. The lowest BCUT2D eigenvalue weighted by Gasteiger charge is -2.45. The first-order valence-electron chi connectivity index (χ1n) is 12.0. The van der Waals surface area contributed by atoms with Crippen molar-refractivity contribution in [2.24, 2.45) is 5.92 Å². The van der Waals surface area contributed by atoms with Crippen molar-refractivity contribution in [2.45, 2.75) is 64.2 Å². The Morgan fingerprint density at radius 3 is 2.59 bits per heavy atom. The highest BCUT2D eigenvalue weighted by molar-refractivity contribution is 6.30. The van der Waals surface area contributed by atoms with Crippen LogP contribution in [0.4, 0.5) is 0 Å².